The van der Waals surface area contributed by atoms with Gasteiger partial charge in [0.05, 0.1) is 10.1 Å². The van der Waals surface area contributed by atoms with Crippen LogP contribution in [-0.2, 0) is 14.6 Å². The summed E-state index contributed by atoms with van der Waals surface area (Å²) in [7, 11) is -3.36. The smallest absolute Gasteiger partial charge is 0.223 e. The predicted molar refractivity (Wildman–Crippen MR) is 123 cm³/mol. The molecule has 1 amide bonds. The molecule has 0 saturated carbocycles. The number of benzene rings is 3. The average molecular weight is 434 g/mol. The first kappa shape index (κ1) is 21.3. The van der Waals surface area contributed by atoms with Gasteiger partial charge in [0.1, 0.15) is 0 Å². The van der Waals surface area contributed by atoms with Gasteiger partial charge in [-0.15, -0.1) is 0 Å². The molecule has 3 aromatic carbocycles. The number of likely N-dealkylation sites (tertiary alicyclic amines) is 1. The summed E-state index contributed by atoms with van der Waals surface area (Å²) in [6.45, 7) is 0.956. The number of rotatable bonds is 6. The Kier molecular flexibility index (Phi) is 6.52. The maximum atomic E-state index is 13.2. The van der Waals surface area contributed by atoms with Crippen LogP contribution in [0.3, 0.4) is 0 Å². The Morgan fingerprint density at radius 1 is 0.774 bits per heavy atom. The molecular weight excluding hydrogens is 406 g/mol. The van der Waals surface area contributed by atoms with Crippen molar-refractivity contribution in [3.8, 4) is 0 Å². The van der Waals surface area contributed by atoms with Crippen LogP contribution in [0.2, 0.25) is 0 Å². The molecule has 0 spiro atoms. The van der Waals surface area contributed by atoms with Gasteiger partial charge in [0, 0.05) is 25.4 Å². The van der Waals surface area contributed by atoms with Gasteiger partial charge in [0.15, 0.2) is 9.84 Å². The van der Waals surface area contributed by atoms with E-state index in [9.17, 15) is 13.2 Å². The summed E-state index contributed by atoms with van der Waals surface area (Å²) in [6, 6.07) is 28.8. The van der Waals surface area contributed by atoms with Gasteiger partial charge in [-0.2, -0.15) is 0 Å². The van der Waals surface area contributed by atoms with E-state index in [2.05, 4.69) is 24.3 Å². The van der Waals surface area contributed by atoms with Crippen LogP contribution in [0.15, 0.2) is 95.9 Å². The Labute approximate surface area is 184 Å². The van der Waals surface area contributed by atoms with E-state index in [1.165, 1.54) is 0 Å². The molecule has 0 aliphatic carbocycles. The van der Waals surface area contributed by atoms with Crippen LogP contribution in [0.4, 0.5) is 0 Å². The summed E-state index contributed by atoms with van der Waals surface area (Å²) < 4.78 is 25.8. The fourth-order valence-electron chi connectivity index (χ4n) is 4.32. The number of hydrogen-bond acceptors (Lipinski definition) is 3. The molecule has 0 bridgehead atoms. The molecule has 1 aliphatic heterocycles. The highest BCUT2D eigenvalue weighted by molar-refractivity contribution is 7.92. The van der Waals surface area contributed by atoms with Gasteiger partial charge in [0.2, 0.25) is 5.91 Å². The minimum Gasteiger partial charge on any atom is -0.343 e. The Morgan fingerprint density at radius 3 is 1.71 bits per heavy atom. The van der Waals surface area contributed by atoms with E-state index in [0.29, 0.717) is 37.2 Å². The standard InChI is InChI=1S/C26H27NO3S/c28-26(20-25(21-10-4-1-5-11-21)22-12-6-2-7-13-22)27-18-16-24(17-19-27)31(29,30)23-14-8-3-9-15-23/h1-15,24-25H,16-20H2. The monoisotopic (exact) mass is 433 g/mol. The quantitative estimate of drug-likeness (QED) is 0.567. The molecule has 0 atom stereocenters. The maximum Gasteiger partial charge on any atom is 0.223 e. The van der Waals surface area contributed by atoms with Crippen molar-refractivity contribution in [2.75, 3.05) is 13.1 Å². The number of piperidine rings is 1. The summed E-state index contributed by atoms with van der Waals surface area (Å²) in [4.78, 5) is 15.4. The van der Waals surface area contributed by atoms with Gasteiger partial charge in [-0.25, -0.2) is 8.42 Å². The molecule has 1 aliphatic rings. The molecule has 160 valence electrons. The van der Waals surface area contributed by atoms with Gasteiger partial charge in [-0.1, -0.05) is 78.9 Å². The number of carbonyl (C=O) groups is 1. The summed E-state index contributed by atoms with van der Waals surface area (Å²) >= 11 is 0. The van der Waals surface area contributed by atoms with Crippen molar-refractivity contribution in [2.24, 2.45) is 0 Å². The van der Waals surface area contributed by atoms with Crippen molar-refractivity contribution in [1.29, 1.82) is 0 Å². The second kappa shape index (κ2) is 9.48. The SMILES string of the molecule is O=C(CC(c1ccccc1)c1ccccc1)N1CCC(S(=O)(=O)c2ccccc2)CC1. The molecule has 4 rings (SSSR count). The van der Waals surface area contributed by atoms with E-state index in [1.54, 1.807) is 24.3 Å². The van der Waals surface area contributed by atoms with Gasteiger partial charge >= 0.3 is 0 Å². The molecule has 0 unspecified atom stereocenters. The highest BCUT2D eigenvalue weighted by Crippen LogP contribution is 2.30. The molecule has 1 heterocycles. The lowest BCUT2D eigenvalue weighted by atomic mass is 9.88. The van der Waals surface area contributed by atoms with Crippen molar-refractivity contribution in [3.63, 3.8) is 0 Å². The fraction of sp³-hybridized carbons (Fsp3) is 0.269. The Morgan fingerprint density at radius 2 is 1.23 bits per heavy atom. The lowest BCUT2D eigenvalue weighted by molar-refractivity contribution is -0.132. The van der Waals surface area contributed by atoms with Crippen molar-refractivity contribution in [1.82, 2.24) is 4.90 Å². The fourth-order valence-corrected chi connectivity index (χ4v) is 6.07. The van der Waals surface area contributed by atoms with Gasteiger partial charge in [-0.3, -0.25) is 4.79 Å². The average Bonchev–Trinajstić information content (AvgIpc) is 2.84. The molecule has 3 aromatic rings. The summed E-state index contributed by atoms with van der Waals surface area (Å²) in [5.41, 5.74) is 2.23. The number of amides is 1. The van der Waals surface area contributed by atoms with Crippen molar-refractivity contribution < 1.29 is 13.2 Å². The first-order chi connectivity index (χ1) is 15.1. The van der Waals surface area contributed by atoms with E-state index < -0.39 is 15.1 Å². The summed E-state index contributed by atoms with van der Waals surface area (Å²) in [5.74, 6) is 0.0638. The van der Waals surface area contributed by atoms with Crippen LogP contribution in [0.5, 0.6) is 0 Å². The molecule has 0 N–H and O–H groups in total. The van der Waals surface area contributed by atoms with Gasteiger partial charge < -0.3 is 4.90 Å². The second-order valence-electron chi connectivity index (χ2n) is 8.02. The molecule has 31 heavy (non-hydrogen) atoms. The van der Waals surface area contributed by atoms with Crippen molar-refractivity contribution in [3.05, 3.63) is 102 Å². The van der Waals surface area contributed by atoms with E-state index in [-0.39, 0.29) is 11.8 Å². The van der Waals surface area contributed by atoms with Crippen LogP contribution in [0.25, 0.3) is 0 Å². The first-order valence-electron chi connectivity index (χ1n) is 10.7. The Balaban J connectivity index is 1.44. The molecule has 1 fully saturated rings. The summed E-state index contributed by atoms with van der Waals surface area (Å²) in [5, 5.41) is -0.432. The third-order valence-corrected chi connectivity index (χ3v) is 8.37. The third kappa shape index (κ3) is 4.88. The number of carbonyl (C=O) groups excluding carboxylic acids is 1. The lowest BCUT2D eigenvalue weighted by Gasteiger charge is -2.33. The molecule has 4 nitrogen and oxygen atoms in total. The van der Waals surface area contributed by atoms with E-state index >= 15 is 0 Å². The van der Waals surface area contributed by atoms with Crippen molar-refractivity contribution in [2.45, 2.75) is 35.3 Å². The molecule has 1 saturated heterocycles. The third-order valence-electron chi connectivity index (χ3n) is 6.09. The highest BCUT2D eigenvalue weighted by atomic mass is 32.2. The van der Waals surface area contributed by atoms with Crippen LogP contribution < -0.4 is 0 Å². The minimum atomic E-state index is -3.36. The number of nitrogens with zero attached hydrogens (tertiary/aromatic N) is 1. The first-order valence-corrected chi connectivity index (χ1v) is 12.3. The molecule has 0 aromatic heterocycles. The zero-order valence-corrected chi connectivity index (χ0v) is 18.2. The second-order valence-corrected chi connectivity index (χ2v) is 10.2. The Bertz CT molecular complexity index is 1050. The normalized spacial score (nSPS) is 15.2. The highest BCUT2D eigenvalue weighted by Gasteiger charge is 2.33. The molecule has 0 radical (unpaired) electrons. The van der Waals surface area contributed by atoms with E-state index in [1.807, 2.05) is 47.4 Å². The number of sulfone groups is 1. The van der Waals surface area contributed by atoms with Crippen molar-refractivity contribution >= 4 is 15.7 Å². The topological polar surface area (TPSA) is 54.5 Å². The Hall–Kier alpha value is -2.92. The van der Waals surface area contributed by atoms with Crippen LogP contribution >= 0.6 is 0 Å². The lowest BCUT2D eigenvalue weighted by Crippen LogP contribution is -2.42. The molecular formula is C26H27NO3S. The van der Waals surface area contributed by atoms with Crippen LogP contribution in [0, 0.1) is 0 Å². The predicted octanol–water partition coefficient (Wildman–Crippen LogP) is 4.67. The van der Waals surface area contributed by atoms with Crippen LogP contribution in [-0.4, -0.2) is 37.6 Å². The zero-order chi connectivity index (χ0) is 21.7. The van der Waals surface area contributed by atoms with E-state index in [0.717, 1.165) is 11.1 Å². The largest absolute Gasteiger partial charge is 0.343 e. The van der Waals surface area contributed by atoms with Crippen LogP contribution in [0.1, 0.15) is 36.3 Å². The maximum absolute atomic E-state index is 13.2. The van der Waals surface area contributed by atoms with E-state index in [4.69, 9.17) is 0 Å². The van der Waals surface area contributed by atoms with Gasteiger partial charge in [0.25, 0.3) is 0 Å². The minimum absolute atomic E-state index is 0.0133. The van der Waals surface area contributed by atoms with Gasteiger partial charge in [-0.05, 0) is 36.1 Å². The summed E-state index contributed by atoms with van der Waals surface area (Å²) in [6.07, 6.45) is 1.33. The number of hydrogen-bond donors (Lipinski definition) is 0. The molecule has 5 heteroatoms. The zero-order valence-electron chi connectivity index (χ0n) is 17.4.